The van der Waals surface area contributed by atoms with Crippen LogP contribution in [-0.4, -0.2) is 25.9 Å². The van der Waals surface area contributed by atoms with E-state index in [2.05, 4.69) is 21.2 Å². The summed E-state index contributed by atoms with van der Waals surface area (Å²) in [6, 6.07) is 18.6. The fourth-order valence-electron chi connectivity index (χ4n) is 2.77. The second-order valence-electron chi connectivity index (χ2n) is 6.07. The zero-order valence-corrected chi connectivity index (χ0v) is 17.4. The molecule has 9 heteroatoms. The van der Waals surface area contributed by atoms with E-state index in [-0.39, 0.29) is 0 Å². The average Bonchev–Trinajstić information content (AvgIpc) is 3.38. The average molecular weight is 470 g/mol. The van der Waals surface area contributed by atoms with E-state index in [1.54, 1.807) is 41.1 Å². The van der Waals surface area contributed by atoms with Crippen molar-refractivity contribution in [3.8, 4) is 16.4 Å². The third kappa shape index (κ3) is 4.21. The van der Waals surface area contributed by atoms with Crippen LogP contribution in [0.25, 0.3) is 16.4 Å². The highest BCUT2D eigenvalue weighted by Crippen LogP contribution is 2.32. The van der Waals surface area contributed by atoms with Crippen molar-refractivity contribution >= 4 is 38.9 Å². The molecule has 0 bridgehead atoms. The summed E-state index contributed by atoms with van der Waals surface area (Å²) >= 11 is 5.13. The van der Waals surface area contributed by atoms with E-state index in [4.69, 9.17) is 15.3 Å². The van der Waals surface area contributed by atoms with Crippen LogP contribution in [0.1, 0.15) is 16.2 Å². The number of carbonyl (C=O) groups excluding carboxylic acids is 1. The predicted octanol–water partition coefficient (Wildman–Crippen LogP) is 4.49. The Hall–Kier alpha value is -3.01. The van der Waals surface area contributed by atoms with Gasteiger partial charge in [0.2, 0.25) is 0 Å². The van der Waals surface area contributed by atoms with E-state index >= 15 is 0 Å². The number of carbonyl (C=O) groups is 1. The summed E-state index contributed by atoms with van der Waals surface area (Å²) in [7, 11) is 0. The van der Waals surface area contributed by atoms with Crippen LogP contribution < -0.4 is 10.8 Å². The molecule has 0 aliphatic carbocycles. The van der Waals surface area contributed by atoms with Crippen LogP contribution in [-0.2, 0) is 6.54 Å². The molecule has 0 fully saturated rings. The maximum Gasteiger partial charge on any atom is 0.274 e. The lowest BCUT2D eigenvalue weighted by Gasteiger charge is -2.08. The molecule has 29 heavy (non-hydrogen) atoms. The number of aromatic nitrogens is 3. The first-order chi connectivity index (χ1) is 14.2. The number of nitrogens with zero attached hydrogens (tertiary/aromatic N) is 3. The lowest BCUT2D eigenvalue weighted by molar-refractivity contribution is 0.0706. The van der Waals surface area contributed by atoms with Gasteiger partial charge in [-0.05, 0) is 63.8 Å². The number of benzene rings is 2. The maximum atomic E-state index is 11.4. The van der Waals surface area contributed by atoms with Gasteiger partial charge in [-0.2, -0.15) is 0 Å². The zero-order chi connectivity index (χ0) is 20.2. The molecule has 0 atom stereocenters. The number of anilines is 1. The summed E-state index contributed by atoms with van der Waals surface area (Å²) in [5, 5.41) is 18.7. The molecule has 2 aromatic carbocycles. The molecule has 0 saturated carbocycles. The number of nitrogens with one attached hydrogen (secondary N) is 2. The minimum atomic E-state index is -0.550. The molecule has 4 rings (SSSR count). The third-order valence-corrected chi connectivity index (χ3v) is 6.03. The monoisotopic (exact) mass is 469 g/mol. The number of hydrogen-bond acceptors (Lipinski definition) is 6. The first-order valence-corrected chi connectivity index (χ1v) is 10.4. The Labute approximate surface area is 179 Å². The topological polar surface area (TPSA) is 92.1 Å². The molecule has 0 spiro atoms. The van der Waals surface area contributed by atoms with Crippen molar-refractivity contribution in [1.29, 1.82) is 0 Å². The van der Waals surface area contributed by atoms with Gasteiger partial charge in [0.25, 0.3) is 5.91 Å². The highest BCUT2D eigenvalue weighted by molar-refractivity contribution is 9.10. The Balaban J connectivity index is 1.61. The van der Waals surface area contributed by atoms with Gasteiger partial charge in [0.05, 0.1) is 17.1 Å². The van der Waals surface area contributed by atoms with Crippen LogP contribution in [0.5, 0.6) is 0 Å². The highest BCUT2D eigenvalue weighted by atomic mass is 79.9. The first kappa shape index (κ1) is 19.3. The molecule has 0 radical (unpaired) electrons. The molecule has 0 saturated heterocycles. The Bertz CT molecular complexity index is 1130. The van der Waals surface area contributed by atoms with E-state index < -0.39 is 5.91 Å². The van der Waals surface area contributed by atoms with Gasteiger partial charge in [-0.25, -0.2) is 15.1 Å². The molecule has 2 heterocycles. The summed E-state index contributed by atoms with van der Waals surface area (Å²) in [5.74, 6) is 0.859. The SMILES string of the molecule is O=C(NO)c1ccc(NCc2nc(-c3sccc3Br)nn2-c2ccccc2)cc1. The Morgan fingerprint density at radius 3 is 2.52 bits per heavy atom. The lowest BCUT2D eigenvalue weighted by Crippen LogP contribution is -2.18. The van der Waals surface area contributed by atoms with Crippen LogP contribution >= 0.6 is 27.3 Å². The van der Waals surface area contributed by atoms with Gasteiger partial charge in [-0.3, -0.25) is 10.0 Å². The Morgan fingerprint density at radius 2 is 1.86 bits per heavy atom. The van der Waals surface area contributed by atoms with Gasteiger partial charge in [-0.15, -0.1) is 16.4 Å². The maximum absolute atomic E-state index is 11.4. The molecular weight excluding hydrogens is 454 g/mol. The van der Waals surface area contributed by atoms with E-state index in [9.17, 15) is 4.79 Å². The smallest absolute Gasteiger partial charge is 0.274 e. The Kier molecular flexibility index (Phi) is 5.70. The zero-order valence-electron chi connectivity index (χ0n) is 15.0. The van der Waals surface area contributed by atoms with Gasteiger partial charge >= 0.3 is 0 Å². The Morgan fingerprint density at radius 1 is 1.10 bits per heavy atom. The molecule has 1 amide bonds. The van der Waals surface area contributed by atoms with E-state index in [0.29, 0.717) is 17.9 Å². The number of amides is 1. The van der Waals surface area contributed by atoms with Crippen molar-refractivity contribution in [2.24, 2.45) is 0 Å². The van der Waals surface area contributed by atoms with Crippen LogP contribution in [0.3, 0.4) is 0 Å². The van der Waals surface area contributed by atoms with E-state index in [0.717, 1.165) is 26.5 Å². The summed E-state index contributed by atoms with van der Waals surface area (Å²) < 4.78 is 2.78. The lowest BCUT2D eigenvalue weighted by atomic mass is 10.2. The van der Waals surface area contributed by atoms with Crippen molar-refractivity contribution in [3.63, 3.8) is 0 Å². The fourth-order valence-corrected chi connectivity index (χ4v) is 4.25. The standard InChI is InChI=1S/C20H16BrN5O2S/c21-16-10-11-29-18(16)19-23-17(26(24-19)15-4-2-1-3-5-15)12-22-14-8-6-13(7-9-14)20(27)25-28/h1-11,22,28H,12H2,(H,25,27). The van der Waals surface area contributed by atoms with Gasteiger partial charge < -0.3 is 5.32 Å². The number of rotatable bonds is 6. The van der Waals surface area contributed by atoms with Crippen molar-refractivity contribution in [2.75, 3.05) is 5.32 Å². The quantitative estimate of drug-likeness (QED) is 0.285. The fraction of sp³-hybridized carbons (Fsp3) is 0.0500. The molecule has 146 valence electrons. The van der Waals surface area contributed by atoms with Crippen LogP contribution in [0, 0.1) is 0 Å². The number of para-hydroxylation sites is 1. The van der Waals surface area contributed by atoms with Crippen molar-refractivity contribution in [1.82, 2.24) is 20.2 Å². The van der Waals surface area contributed by atoms with Crippen molar-refractivity contribution in [2.45, 2.75) is 6.54 Å². The van der Waals surface area contributed by atoms with Gasteiger partial charge in [0, 0.05) is 15.7 Å². The minimum absolute atomic E-state index is 0.371. The summed E-state index contributed by atoms with van der Waals surface area (Å²) in [5.41, 5.74) is 3.73. The minimum Gasteiger partial charge on any atom is -0.378 e. The largest absolute Gasteiger partial charge is 0.378 e. The molecule has 4 aromatic rings. The van der Waals surface area contributed by atoms with Crippen LogP contribution in [0.2, 0.25) is 0 Å². The number of hydroxylamine groups is 1. The van der Waals surface area contributed by atoms with Crippen LogP contribution in [0.4, 0.5) is 5.69 Å². The van der Waals surface area contributed by atoms with Crippen molar-refractivity contribution < 1.29 is 10.0 Å². The van der Waals surface area contributed by atoms with E-state index in [1.165, 1.54) is 0 Å². The van der Waals surface area contributed by atoms with Crippen molar-refractivity contribution in [3.05, 3.63) is 81.9 Å². The molecule has 0 unspecified atom stereocenters. The molecule has 0 aliphatic heterocycles. The number of hydrogen-bond donors (Lipinski definition) is 3. The second-order valence-corrected chi connectivity index (χ2v) is 7.84. The van der Waals surface area contributed by atoms with Gasteiger partial charge in [-0.1, -0.05) is 18.2 Å². The normalized spacial score (nSPS) is 10.7. The summed E-state index contributed by atoms with van der Waals surface area (Å²) in [4.78, 5) is 17.2. The molecule has 0 aliphatic rings. The van der Waals surface area contributed by atoms with Gasteiger partial charge in [0.1, 0.15) is 0 Å². The summed E-state index contributed by atoms with van der Waals surface area (Å²) in [6.07, 6.45) is 0. The second kappa shape index (κ2) is 8.56. The van der Waals surface area contributed by atoms with E-state index in [1.807, 2.05) is 46.5 Å². The van der Waals surface area contributed by atoms with Gasteiger partial charge in [0.15, 0.2) is 11.6 Å². The molecule has 2 aromatic heterocycles. The predicted molar refractivity (Wildman–Crippen MR) is 115 cm³/mol. The highest BCUT2D eigenvalue weighted by Gasteiger charge is 2.16. The number of thiophene rings is 1. The summed E-state index contributed by atoms with van der Waals surface area (Å²) in [6.45, 7) is 0.441. The molecule has 3 N–H and O–H groups in total. The van der Waals surface area contributed by atoms with Crippen LogP contribution in [0.15, 0.2) is 70.5 Å². The molecule has 7 nitrogen and oxygen atoms in total. The number of halogens is 1. The third-order valence-electron chi connectivity index (χ3n) is 4.19. The molecular formula is C20H16BrN5O2S. The first-order valence-electron chi connectivity index (χ1n) is 8.69.